The van der Waals surface area contributed by atoms with Gasteiger partial charge in [-0.1, -0.05) is 12.1 Å². The van der Waals surface area contributed by atoms with Gasteiger partial charge in [0.15, 0.2) is 11.5 Å². The minimum Gasteiger partial charge on any atom is -0.493 e. The standard InChI is InChI=1S/C21H24N6O3/c1-29-17-11-14-16(12-18(17)30-2)24-21(25-19(14)23)27-9-7-26(8-10-27)20(28)13-5-3-4-6-15(13)22/h3-6,11-12H,7-10,22H2,1-2H3,(H2,23,24,25). The van der Waals surface area contributed by atoms with E-state index in [0.29, 0.717) is 71.6 Å². The number of hydrogen-bond donors (Lipinski definition) is 2. The Kier molecular flexibility index (Phi) is 5.18. The number of hydrogen-bond acceptors (Lipinski definition) is 8. The highest BCUT2D eigenvalue weighted by atomic mass is 16.5. The molecule has 1 aromatic heterocycles. The maximum absolute atomic E-state index is 12.8. The molecule has 0 atom stereocenters. The third-order valence-electron chi connectivity index (χ3n) is 5.26. The normalized spacial score (nSPS) is 14.1. The predicted octanol–water partition coefficient (Wildman–Crippen LogP) is 1.77. The number of piperazine rings is 1. The molecule has 30 heavy (non-hydrogen) atoms. The average molecular weight is 408 g/mol. The number of carbonyl (C=O) groups is 1. The number of aromatic nitrogens is 2. The maximum atomic E-state index is 12.8. The molecule has 0 bridgehead atoms. The van der Waals surface area contributed by atoms with Gasteiger partial charge in [-0.3, -0.25) is 4.79 Å². The third-order valence-corrected chi connectivity index (χ3v) is 5.26. The van der Waals surface area contributed by atoms with Gasteiger partial charge in [0.05, 0.1) is 25.3 Å². The molecule has 0 aliphatic carbocycles. The molecule has 9 heteroatoms. The van der Waals surface area contributed by atoms with E-state index in [2.05, 4.69) is 9.97 Å². The van der Waals surface area contributed by atoms with Crippen molar-refractivity contribution in [2.24, 2.45) is 0 Å². The van der Waals surface area contributed by atoms with Crippen LogP contribution in [0.2, 0.25) is 0 Å². The highest BCUT2D eigenvalue weighted by molar-refractivity contribution is 5.99. The van der Waals surface area contributed by atoms with E-state index in [1.807, 2.05) is 17.0 Å². The Morgan fingerprint density at radius 2 is 1.63 bits per heavy atom. The van der Waals surface area contributed by atoms with E-state index in [1.54, 1.807) is 43.4 Å². The summed E-state index contributed by atoms with van der Waals surface area (Å²) < 4.78 is 10.7. The SMILES string of the molecule is COc1cc2nc(N3CCN(C(=O)c4ccccc4N)CC3)nc(N)c2cc1OC. The Morgan fingerprint density at radius 1 is 0.967 bits per heavy atom. The van der Waals surface area contributed by atoms with Gasteiger partial charge in [-0.15, -0.1) is 0 Å². The van der Waals surface area contributed by atoms with E-state index in [-0.39, 0.29) is 5.91 Å². The lowest BCUT2D eigenvalue weighted by atomic mass is 10.1. The smallest absolute Gasteiger partial charge is 0.256 e. The second-order valence-electron chi connectivity index (χ2n) is 7.00. The molecule has 0 saturated carbocycles. The molecule has 156 valence electrons. The number of para-hydroxylation sites is 1. The van der Waals surface area contributed by atoms with Crippen LogP contribution in [0, 0.1) is 0 Å². The zero-order chi connectivity index (χ0) is 21.3. The van der Waals surface area contributed by atoms with Crippen molar-refractivity contribution in [3.8, 4) is 11.5 Å². The first-order valence-corrected chi connectivity index (χ1v) is 9.59. The van der Waals surface area contributed by atoms with Gasteiger partial charge in [-0.2, -0.15) is 4.98 Å². The summed E-state index contributed by atoms with van der Waals surface area (Å²) in [4.78, 5) is 25.7. The molecule has 4 rings (SSSR count). The first-order valence-electron chi connectivity index (χ1n) is 9.59. The van der Waals surface area contributed by atoms with Crippen molar-refractivity contribution in [3.05, 3.63) is 42.0 Å². The lowest BCUT2D eigenvalue weighted by Gasteiger charge is -2.35. The van der Waals surface area contributed by atoms with Crippen LogP contribution in [0.3, 0.4) is 0 Å². The number of nitrogens with zero attached hydrogens (tertiary/aromatic N) is 4. The quantitative estimate of drug-likeness (QED) is 0.627. The zero-order valence-corrected chi connectivity index (χ0v) is 17.0. The van der Waals surface area contributed by atoms with Gasteiger partial charge in [0.2, 0.25) is 5.95 Å². The summed E-state index contributed by atoms with van der Waals surface area (Å²) in [5.41, 5.74) is 13.8. The van der Waals surface area contributed by atoms with Crippen LogP contribution in [0.25, 0.3) is 10.9 Å². The Bertz CT molecular complexity index is 1100. The lowest BCUT2D eigenvalue weighted by molar-refractivity contribution is 0.0747. The second-order valence-corrected chi connectivity index (χ2v) is 7.00. The third kappa shape index (κ3) is 3.49. The van der Waals surface area contributed by atoms with E-state index in [1.165, 1.54) is 0 Å². The summed E-state index contributed by atoms with van der Waals surface area (Å²) in [6, 6.07) is 10.7. The van der Waals surface area contributed by atoms with Crippen LogP contribution in [-0.4, -0.2) is 61.2 Å². The van der Waals surface area contributed by atoms with E-state index in [0.717, 1.165) is 0 Å². The van der Waals surface area contributed by atoms with Crippen molar-refractivity contribution in [1.29, 1.82) is 0 Å². The summed E-state index contributed by atoms with van der Waals surface area (Å²) in [6.07, 6.45) is 0. The average Bonchev–Trinajstić information content (AvgIpc) is 2.78. The number of benzene rings is 2. The highest BCUT2D eigenvalue weighted by Gasteiger charge is 2.25. The molecule has 1 aliphatic heterocycles. The molecule has 0 unspecified atom stereocenters. The molecule has 4 N–H and O–H groups in total. The van der Waals surface area contributed by atoms with Crippen molar-refractivity contribution in [1.82, 2.24) is 14.9 Å². The number of ether oxygens (including phenoxy) is 2. The van der Waals surface area contributed by atoms with Crippen LogP contribution >= 0.6 is 0 Å². The van der Waals surface area contributed by atoms with Crippen molar-refractivity contribution < 1.29 is 14.3 Å². The fourth-order valence-corrected chi connectivity index (χ4v) is 3.58. The van der Waals surface area contributed by atoms with Crippen molar-refractivity contribution in [2.75, 3.05) is 56.8 Å². The lowest BCUT2D eigenvalue weighted by Crippen LogP contribution is -2.49. The fraction of sp³-hybridized carbons (Fsp3) is 0.286. The van der Waals surface area contributed by atoms with Crippen molar-refractivity contribution >= 4 is 34.3 Å². The molecule has 0 radical (unpaired) electrons. The topological polar surface area (TPSA) is 120 Å². The van der Waals surface area contributed by atoms with Crippen LogP contribution < -0.4 is 25.8 Å². The number of nitrogens with two attached hydrogens (primary N) is 2. The van der Waals surface area contributed by atoms with Crippen LogP contribution in [0.1, 0.15) is 10.4 Å². The Labute approximate surface area is 174 Å². The second kappa shape index (κ2) is 7.94. The molecule has 1 fully saturated rings. The summed E-state index contributed by atoms with van der Waals surface area (Å²) in [6.45, 7) is 2.27. The van der Waals surface area contributed by atoms with E-state index >= 15 is 0 Å². The molecule has 0 spiro atoms. The van der Waals surface area contributed by atoms with Gasteiger partial charge in [0, 0.05) is 43.3 Å². The number of rotatable bonds is 4. The van der Waals surface area contributed by atoms with Crippen LogP contribution in [0.15, 0.2) is 36.4 Å². The molecule has 9 nitrogen and oxygen atoms in total. The molecule has 3 aromatic rings. The predicted molar refractivity (Wildman–Crippen MR) is 116 cm³/mol. The number of nitrogen functional groups attached to an aromatic ring is 2. The molecular weight excluding hydrogens is 384 g/mol. The van der Waals surface area contributed by atoms with Gasteiger partial charge in [0.1, 0.15) is 5.82 Å². The van der Waals surface area contributed by atoms with Gasteiger partial charge in [0.25, 0.3) is 5.91 Å². The number of methoxy groups -OCH3 is 2. The first-order chi connectivity index (χ1) is 14.5. The Morgan fingerprint density at radius 3 is 2.30 bits per heavy atom. The highest BCUT2D eigenvalue weighted by Crippen LogP contribution is 2.34. The molecular formula is C21H24N6O3. The maximum Gasteiger partial charge on any atom is 0.256 e. The molecule has 2 aromatic carbocycles. The van der Waals surface area contributed by atoms with Gasteiger partial charge in [-0.25, -0.2) is 4.98 Å². The van der Waals surface area contributed by atoms with Crippen molar-refractivity contribution in [3.63, 3.8) is 0 Å². The fourth-order valence-electron chi connectivity index (χ4n) is 3.58. The summed E-state index contributed by atoms with van der Waals surface area (Å²) >= 11 is 0. The van der Waals surface area contributed by atoms with Gasteiger partial charge >= 0.3 is 0 Å². The summed E-state index contributed by atoms with van der Waals surface area (Å²) in [5, 5.41) is 0.699. The van der Waals surface area contributed by atoms with E-state index in [9.17, 15) is 4.79 Å². The van der Waals surface area contributed by atoms with Crippen LogP contribution in [-0.2, 0) is 0 Å². The van der Waals surface area contributed by atoms with Gasteiger partial charge < -0.3 is 30.7 Å². The number of anilines is 3. The Hall–Kier alpha value is -3.75. The molecule has 1 aliphatic rings. The monoisotopic (exact) mass is 408 g/mol. The molecule has 1 saturated heterocycles. The van der Waals surface area contributed by atoms with Crippen LogP contribution in [0.4, 0.5) is 17.5 Å². The first kappa shape index (κ1) is 19.6. The van der Waals surface area contributed by atoms with Crippen molar-refractivity contribution in [2.45, 2.75) is 0 Å². The van der Waals surface area contributed by atoms with Gasteiger partial charge in [-0.05, 0) is 18.2 Å². The van der Waals surface area contributed by atoms with E-state index < -0.39 is 0 Å². The number of fused-ring (bicyclic) bond motifs is 1. The minimum absolute atomic E-state index is 0.0662. The zero-order valence-electron chi connectivity index (χ0n) is 17.0. The largest absolute Gasteiger partial charge is 0.493 e. The molecule has 1 amide bonds. The van der Waals surface area contributed by atoms with Crippen LogP contribution in [0.5, 0.6) is 11.5 Å². The number of carbonyl (C=O) groups excluding carboxylic acids is 1. The number of amides is 1. The molecule has 2 heterocycles. The summed E-state index contributed by atoms with van der Waals surface area (Å²) in [7, 11) is 3.14. The minimum atomic E-state index is -0.0662. The van der Waals surface area contributed by atoms with E-state index in [4.69, 9.17) is 20.9 Å². The Balaban J connectivity index is 1.54. The summed E-state index contributed by atoms with van der Waals surface area (Å²) in [5.74, 6) is 1.97.